The topological polar surface area (TPSA) is 42.2 Å². The minimum Gasteiger partial charge on any atom is -0.455 e. The Morgan fingerprint density at radius 3 is 1.84 bits per heavy atom. The second-order valence-electron chi connectivity index (χ2n) is 16.6. The molecule has 9 aromatic carbocycles. The Morgan fingerprint density at radius 1 is 0.426 bits per heavy atom. The lowest BCUT2D eigenvalue weighted by Gasteiger charge is -2.27. The Hall–Kier alpha value is -7.82. The number of nitrogens with zero attached hydrogens (tertiary/aromatic N) is 3. The molecule has 0 radical (unpaired) electrons. The highest BCUT2D eigenvalue weighted by Crippen LogP contribution is 2.51. The van der Waals surface area contributed by atoms with Gasteiger partial charge in [0.2, 0.25) is 5.95 Å². The zero-order valence-corrected chi connectivity index (χ0v) is 33.8. The Balaban J connectivity index is 1.12. The second kappa shape index (κ2) is 13.6. The van der Waals surface area contributed by atoms with Crippen LogP contribution in [0, 0.1) is 0 Å². The number of para-hydroxylation sites is 1. The first kappa shape index (κ1) is 35.2. The minimum absolute atomic E-state index is 0.185. The van der Waals surface area contributed by atoms with Crippen molar-refractivity contribution in [3.63, 3.8) is 0 Å². The monoisotopic (exact) mass is 781 g/mol. The molecule has 4 nitrogen and oxygen atoms in total. The van der Waals surface area contributed by atoms with Crippen LogP contribution in [0.2, 0.25) is 0 Å². The van der Waals surface area contributed by atoms with Crippen LogP contribution in [0.25, 0.3) is 88.3 Å². The molecule has 12 rings (SSSR count). The standard InChI is InChI=1S/C57H39N3O/c1-57(2)50-23-13-11-21-44(50)45-30-29-43(35-51(45)57)60(42-27-25-38(26-28-42)36-15-5-3-6-16-36)56-58-52-24-14-12-22-46(52)54(59-56)49-33-41(37-17-7-4-8-18-37)32-48-47-31-39-19-9-10-20-40(39)34-53(47)61-55(48)49/h3-35H,1-2H3. The van der Waals surface area contributed by atoms with E-state index in [1.165, 1.54) is 33.2 Å². The number of fused-ring (bicyclic) bond motifs is 8. The molecule has 2 heterocycles. The third-order valence-electron chi connectivity index (χ3n) is 12.7. The molecule has 0 saturated carbocycles. The Bertz CT molecular complexity index is 3500. The van der Waals surface area contributed by atoms with Gasteiger partial charge in [-0.2, -0.15) is 0 Å². The van der Waals surface area contributed by atoms with Crippen molar-refractivity contribution >= 4 is 60.9 Å². The van der Waals surface area contributed by atoms with Gasteiger partial charge in [-0.05, 0) is 110 Å². The smallest absolute Gasteiger partial charge is 0.235 e. The maximum absolute atomic E-state index is 6.94. The zero-order valence-electron chi connectivity index (χ0n) is 33.8. The Kier molecular flexibility index (Phi) is 7.85. The first-order valence-corrected chi connectivity index (χ1v) is 20.9. The van der Waals surface area contributed by atoms with E-state index in [9.17, 15) is 0 Å². The van der Waals surface area contributed by atoms with E-state index in [2.05, 4.69) is 219 Å². The normalized spacial score (nSPS) is 12.9. The molecule has 2 aromatic heterocycles. The van der Waals surface area contributed by atoms with Crippen molar-refractivity contribution in [2.45, 2.75) is 19.3 Å². The minimum atomic E-state index is -0.185. The molecule has 0 aliphatic heterocycles. The highest BCUT2D eigenvalue weighted by Gasteiger charge is 2.36. The maximum atomic E-state index is 6.94. The molecule has 1 aliphatic rings. The van der Waals surface area contributed by atoms with Gasteiger partial charge in [-0.3, -0.25) is 4.90 Å². The molecule has 288 valence electrons. The van der Waals surface area contributed by atoms with Crippen LogP contribution in [-0.4, -0.2) is 9.97 Å². The van der Waals surface area contributed by atoms with E-state index in [0.29, 0.717) is 5.95 Å². The molecule has 0 atom stereocenters. The van der Waals surface area contributed by atoms with Gasteiger partial charge in [0.1, 0.15) is 11.2 Å². The summed E-state index contributed by atoms with van der Waals surface area (Å²) in [5, 5.41) is 5.40. The lowest BCUT2D eigenvalue weighted by Crippen LogP contribution is -2.17. The van der Waals surface area contributed by atoms with Gasteiger partial charge in [0.25, 0.3) is 0 Å². The number of benzene rings is 9. The molecule has 0 amide bonds. The quantitative estimate of drug-likeness (QED) is 0.168. The van der Waals surface area contributed by atoms with Crippen LogP contribution in [-0.2, 0) is 5.41 Å². The summed E-state index contributed by atoms with van der Waals surface area (Å²) in [5.41, 5.74) is 15.7. The van der Waals surface area contributed by atoms with Crippen molar-refractivity contribution in [3.05, 3.63) is 211 Å². The maximum Gasteiger partial charge on any atom is 0.235 e. The number of rotatable bonds is 6. The van der Waals surface area contributed by atoms with Gasteiger partial charge < -0.3 is 4.42 Å². The van der Waals surface area contributed by atoms with Gasteiger partial charge in [0.15, 0.2) is 0 Å². The van der Waals surface area contributed by atoms with Crippen LogP contribution in [0.15, 0.2) is 205 Å². The molecule has 1 aliphatic carbocycles. The van der Waals surface area contributed by atoms with Crippen LogP contribution < -0.4 is 4.90 Å². The van der Waals surface area contributed by atoms with Gasteiger partial charge >= 0.3 is 0 Å². The fraction of sp³-hybridized carbons (Fsp3) is 0.0526. The fourth-order valence-electron chi connectivity index (χ4n) is 9.55. The summed E-state index contributed by atoms with van der Waals surface area (Å²) in [4.78, 5) is 13.2. The summed E-state index contributed by atoms with van der Waals surface area (Å²) in [6, 6.07) is 71.2. The SMILES string of the molecule is CC1(C)c2ccccc2-c2ccc(N(c3ccc(-c4ccccc4)cc3)c3nc(-c4cc(-c5ccccc5)cc5c4oc4cc6ccccc6cc45)c4ccccc4n3)cc21. The highest BCUT2D eigenvalue weighted by atomic mass is 16.3. The first-order chi connectivity index (χ1) is 30.0. The van der Waals surface area contributed by atoms with Crippen LogP contribution in [0.5, 0.6) is 0 Å². The molecule has 61 heavy (non-hydrogen) atoms. The van der Waals surface area contributed by atoms with Gasteiger partial charge in [-0.15, -0.1) is 0 Å². The first-order valence-electron chi connectivity index (χ1n) is 20.9. The molecular formula is C57H39N3O. The van der Waals surface area contributed by atoms with E-state index >= 15 is 0 Å². The average molecular weight is 782 g/mol. The number of hydrogen-bond acceptors (Lipinski definition) is 4. The summed E-state index contributed by atoms with van der Waals surface area (Å²) in [6.45, 7) is 4.65. The van der Waals surface area contributed by atoms with Crippen LogP contribution >= 0.6 is 0 Å². The fourth-order valence-corrected chi connectivity index (χ4v) is 9.55. The van der Waals surface area contributed by atoms with Crippen molar-refractivity contribution in [3.8, 4) is 44.6 Å². The second-order valence-corrected chi connectivity index (χ2v) is 16.6. The molecule has 0 bridgehead atoms. The number of anilines is 3. The lowest BCUT2D eigenvalue weighted by atomic mass is 9.82. The summed E-state index contributed by atoms with van der Waals surface area (Å²) < 4.78 is 6.94. The van der Waals surface area contributed by atoms with E-state index in [-0.39, 0.29) is 5.41 Å². The summed E-state index contributed by atoms with van der Waals surface area (Å²) in [7, 11) is 0. The van der Waals surface area contributed by atoms with E-state index in [4.69, 9.17) is 14.4 Å². The predicted octanol–water partition coefficient (Wildman–Crippen LogP) is 15.5. The summed E-state index contributed by atoms with van der Waals surface area (Å²) in [6.07, 6.45) is 0. The third kappa shape index (κ3) is 5.67. The molecule has 0 fully saturated rings. The van der Waals surface area contributed by atoms with Gasteiger partial charge in [-0.1, -0.05) is 159 Å². The Labute approximate surface area is 354 Å². The summed E-state index contributed by atoms with van der Waals surface area (Å²) in [5.74, 6) is 0.578. The van der Waals surface area contributed by atoms with E-state index in [0.717, 1.165) is 77.6 Å². The molecule has 0 unspecified atom stereocenters. The summed E-state index contributed by atoms with van der Waals surface area (Å²) >= 11 is 0. The Morgan fingerprint density at radius 2 is 1.05 bits per heavy atom. The van der Waals surface area contributed by atoms with Crippen molar-refractivity contribution in [1.82, 2.24) is 9.97 Å². The molecule has 0 N–H and O–H groups in total. The number of aromatic nitrogens is 2. The van der Waals surface area contributed by atoms with Gasteiger partial charge in [-0.25, -0.2) is 9.97 Å². The third-order valence-corrected chi connectivity index (χ3v) is 12.7. The van der Waals surface area contributed by atoms with Gasteiger partial charge in [0, 0.05) is 38.5 Å². The molecule has 0 spiro atoms. The van der Waals surface area contributed by atoms with Crippen LogP contribution in [0.1, 0.15) is 25.0 Å². The largest absolute Gasteiger partial charge is 0.455 e. The molecule has 0 saturated heterocycles. The van der Waals surface area contributed by atoms with Crippen LogP contribution in [0.4, 0.5) is 17.3 Å². The molecular weight excluding hydrogens is 743 g/mol. The highest BCUT2D eigenvalue weighted by molar-refractivity contribution is 6.16. The van der Waals surface area contributed by atoms with E-state index in [1.807, 2.05) is 0 Å². The van der Waals surface area contributed by atoms with Crippen molar-refractivity contribution < 1.29 is 4.42 Å². The predicted molar refractivity (Wildman–Crippen MR) is 253 cm³/mol. The van der Waals surface area contributed by atoms with Crippen molar-refractivity contribution in [2.24, 2.45) is 0 Å². The van der Waals surface area contributed by atoms with Crippen molar-refractivity contribution in [2.75, 3.05) is 4.90 Å². The molecule has 11 aromatic rings. The van der Waals surface area contributed by atoms with Crippen LogP contribution in [0.3, 0.4) is 0 Å². The van der Waals surface area contributed by atoms with Gasteiger partial charge in [0.05, 0.1) is 11.2 Å². The number of hydrogen-bond donors (Lipinski definition) is 0. The number of furan rings is 1. The van der Waals surface area contributed by atoms with Crippen molar-refractivity contribution in [1.29, 1.82) is 0 Å². The van der Waals surface area contributed by atoms with E-state index in [1.54, 1.807) is 0 Å². The average Bonchev–Trinajstić information content (AvgIpc) is 3.79. The molecule has 4 heteroatoms. The lowest BCUT2D eigenvalue weighted by molar-refractivity contribution is 0.660. The van der Waals surface area contributed by atoms with E-state index < -0.39 is 0 Å². The zero-order chi connectivity index (χ0) is 40.7.